The van der Waals surface area contributed by atoms with Crippen LogP contribution in [-0.2, 0) is 0 Å². The molecule has 0 saturated heterocycles. The van der Waals surface area contributed by atoms with Gasteiger partial charge in [-0.1, -0.05) is 15.9 Å². The summed E-state index contributed by atoms with van der Waals surface area (Å²) in [4.78, 5) is 0. The molecule has 1 aromatic rings. The molecule has 0 amide bonds. The number of nitrogens with two attached hydrogens (primary N) is 1. The van der Waals surface area contributed by atoms with Crippen LogP contribution in [0.4, 0.5) is 10.1 Å². The number of benzene rings is 1. The first-order valence-electron chi connectivity index (χ1n) is 4.95. The van der Waals surface area contributed by atoms with Crippen LogP contribution in [0.25, 0.3) is 0 Å². The van der Waals surface area contributed by atoms with Crippen molar-refractivity contribution in [3.63, 3.8) is 0 Å². The fourth-order valence-electron chi connectivity index (χ4n) is 1.41. The Hall–Kier alpha value is -0.650. The first-order chi connectivity index (χ1) is 7.47. The van der Waals surface area contributed by atoms with Gasteiger partial charge in [-0.25, -0.2) is 4.39 Å². The van der Waals surface area contributed by atoms with E-state index >= 15 is 0 Å². The third-order valence-corrected chi connectivity index (χ3v) is 2.93. The van der Waals surface area contributed by atoms with Crippen molar-refractivity contribution < 1.29 is 14.6 Å². The molecule has 90 valence electrons. The molecule has 1 aromatic carbocycles. The predicted molar refractivity (Wildman–Crippen MR) is 64.9 cm³/mol. The van der Waals surface area contributed by atoms with Crippen molar-refractivity contribution in [2.75, 3.05) is 11.1 Å². The van der Waals surface area contributed by atoms with E-state index in [0.29, 0.717) is 23.0 Å². The summed E-state index contributed by atoms with van der Waals surface area (Å²) in [5.74, 6) is -0.548. The normalized spacial score (nSPS) is 14.8. The summed E-state index contributed by atoms with van der Waals surface area (Å²) < 4.78 is 13.5. The molecule has 0 spiro atoms. The van der Waals surface area contributed by atoms with Gasteiger partial charge in [0.2, 0.25) is 0 Å². The van der Waals surface area contributed by atoms with Crippen LogP contribution in [0.15, 0.2) is 12.1 Å². The Morgan fingerprint density at radius 2 is 2.06 bits per heavy atom. The Labute approximate surface area is 102 Å². The van der Waals surface area contributed by atoms with E-state index in [9.17, 15) is 14.6 Å². The Kier molecular flexibility index (Phi) is 4.70. The zero-order valence-electron chi connectivity index (χ0n) is 8.95. The summed E-state index contributed by atoms with van der Waals surface area (Å²) in [7, 11) is 0. The number of halogens is 2. The molecule has 0 radical (unpaired) electrons. The highest BCUT2D eigenvalue weighted by Crippen LogP contribution is 2.26. The Balaban J connectivity index is 2.99. The first-order valence-corrected chi connectivity index (χ1v) is 6.07. The molecule has 0 bridgehead atoms. The van der Waals surface area contributed by atoms with Gasteiger partial charge >= 0.3 is 0 Å². The van der Waals surface area contributed by atoms with E-state index < -0.39 is 18.0 Å². The summed E-state index contributed by atoms with van der Waals surface area (Å²) in [6.07, 6.45) is -1.91. The Morgan fingerprint density at radius 1 is 1.44 bits per heavy atom. The van der Waals surface area contributed by atoms with Crippen LogP contribution in [0.5, 0.6) is 0 Å². The molecule has 0 aliphatic heterocycles. The second-order valence-electron chi connectivity index (χ2n) is 3.72. The van der Waals surface area contributed by atoms with Crippen LogP contribution in [0, 0.1) is 12.7 Å². The van der Waals surface area contributed by atoms with Gasteiger partial charge in [-0.2, -0.15) is 0 Å². The minimum absolute atomic E-state index is 0.0385. The lowest BCUT2D eigenvalue weighted by molar-refractivity contribution is 0.0153. The van der Waals surface area contributed by atoms with Gasteiger partial charge in [-0.05, 0) is 31.0 Å². The minimum atomic E-state index is -1.25. The standard InChI is InChI=1S/C11H15BrFNO2/c1-6-4-8(13)7(5-9(6)14)11(16)10(15)2-3-12/h4-5,10-11,15-16H,2-3,14H2,1H3. The highest BCUT2D eigenvalue weighted by molar-refractivity contribution is 9.09. The number of hydrogen-bond donors (Lipinski definition) is 3. The van der Waals surface area contributed by atoms with Crippen LogP contribution in [-0.4, -0.2) is 21.6 Å². The number of rotatable bonds is 4. The van der Waals surface area contributed by atoms with E-state index in [4.69, 9.17) is 5.73 Å². The van der Waals surface area contributed by atoms with Gasteiger partial charge in [-0.3, -0.25) is 0 Å². The third-order valence-electron chi connectivity index (χ3n) is 2.47. The molecule has 2 unspecified atom stereocenters. The van der Waals surface area contributed by atoms with Crippen LogP contribution in [0.1, 0.15) is 23.7 Å². The second-order valence-corrected chi connectivity index (χ2v) is 4.51. The zero-order valence-corrected chi connectivity index (χ0v) is 10.5. The van der Waals surface area contributed by atoms with Crippen molar-refractivity contribution in [1.82, 2.24) is 0 Å². The van der Waals surface area contributed by atoms with Gasteiger partial charge in [0.15, 0.2) is 0 Å². The van der Waals surface area contributed by atoms with Gasteiger partial charge in [0.05, 0.1) is 6.10 Å². The molecule has 0 aliphatic rings. The molecule has 16 heavy (non-hydrogen) atoms. The fourth-order valence-corrected chi connectivity index (χ4v) is 1.88. The fraction of sp³-hybridized carbons (Fsp3) is 0.455. The minimum Gasteiger partial charge on any atom is -0.399 e. The van der Waals surface area contributed by atoms with Gasteiger partial charge in [0.1, 0.15) is 11.9 Å². The van der Waals surface area contributed by atoms with Crippen LogP contribution >= 0.6 is 15.9 Å². The summed E-state index contributed by atoms with van der Waals surface area (Å²) in [6.45, 7) is 1.68. The molecule has 2 atom stereocenters. The van der Waals surface area contributed by atoms with Crippen molar-refractivity contribution in [1.29, 1.82) is 0 Å². The SMILES string of the molecule is Cc1cc(F)c(C(O)C(O)CCBr)cc1N. The molecule has 0 aromatic heterocycles. The quantitative estimate of drug-likeness (QED) is 0.586. The lowest BCUT2D eigenvalue weighted by Crippen LogP contribution is -2.20. The highest BCUT2D eigenvalue weighted by atomic mass is 79.9. The summed E-state index contributed by atoms with van der Waals surface area (Å²) in [5, 5.41) is 19.9. The summed E-state index contributed by atoms with van der Waals surface area (Å²) in [5.41, 5.74) is 6.69. The number of alkyl halides is 1. The third kappa shape index (κ3) is 2.93. The summed E-state index contributed by atoms with van der Waals surface area (Å²) in [6, 6.07) is 2.63. The van der Waals surface area contributed by atoms with E-state index in [-0.39, 0.29) is 5.56 Å². The van der Waals surface area contributed by atoms with Crippen molar-refractivity contribution in [2.45, 2.75) is 25.6 Å². The first kappa shape index (κ1) is 13.4. The number of hydrogen-bond acceptors (Lipinski definition) is 3. The maximum atomic E-state index is 13.5. The molecule has 0 saturated carbocycles. The average Bonchev–Trinajstić information content (AvgIpc) is 2.23. The maximum absolute atomic E-state index is 13.5. The Morgan fingerprint density at radius 3 is 2.62 bits per heavy atom. The van der Waals surface area contributed by atoms with E-state index in [1.807, 2.05) is 0 Å². The second kappa shape index (κ2) is 5.61. The van der Waals surface area contributed by atoms with Gasteiger partial charge in [0.25, 0.3) is 0 Å². The molecule has 0 aliphatic carbocycles. The number of aliphatic hydroxyl groups excluding tert-OH is 2. The van der Waals surface area contributed by atoms with E-state index in [1.165, 1.54) is 12.1 Å². The summed E-state index contributed by atoms with van der Waals surface area (Å²) >= 11 is 3.15. The van der Waals surface area contributed by atoms with Gasteiger partial charge < -0.3 is 15.9 Å². The Bertz CT molecular complexity index is 373. The molecular weight excluding hydrogens is 277 g/mol. The average molecular weight is 292 g/mol. The van der Waals surface area contributed by atoms with Crippen LogP contribution in [0.2, 0.25) is 0 Å². The number of anilines is 1. The molecule has 4 N–H and O–H groups in total. The van der Waals surface area contributed by atoms with E-state index in [0.717, 1.165) is 0 Å². The van der Waals surface area contributed by atoms with E-state index in [1.54, 1.807) is 6.92 Å². The van der Waals surface area contributed by atoms with Crippen molar-refractivity contribution in [3.8, 4) is 0 Å². The molecular formula is C11H15BrFNO2. The van der Waals surface area contributed by atoms with Crippen LogP contribution in [0.3, 0.4) is 0 Å². The lowest BCUT2D eigenvalue weighted by Gasteiger charge is -2.18. The molecule has 5 heteroatoms. The maximum Gasteiger partial charge on any atom is 0.129 e. The van der Waals surface area contributed by atoms with Crippen molar-refractivity contribution in [3.05, 3.63) is 29.1 Å². The number of aliphatic hydroxyl groups is 2. The molecule has 1 rings (SSSR count). The van der Waals surface area contributed by atoms with Crippen LogP contribution < -0.4 is 5.73 Å². The smallest absolute Gasteiger partial charge is 0.129 e. The lowest BCUT2D eigenvalue weighted by atomic mass is 10.00. The van der Waals surface area contributed by atoms with Crippen molar-refractivity contribution in [2.24, 2.45) is 0 Å². The van der Waals surface area contributed by atoms with Gasteiger partial charge in [-0.15, -0.1) is 0 Å². The zero-order chi connectivity index (χ0) is 12.3. The number of nitrogen functional groups attached to an aromatic ring is 1. The monoisotopic (exact) mass is 291 g/mol. The largest absolute Gasteiger partial charge is 0.399 e. The highest BCUT2D eigenvalue weighted by Gasteiger charge is 2.21. The molecule has 0 heterocycles. The van der Waals surface area contributed by atoms with E-state index in [2.05, 4.69) is 15.9 Å². The van der Waals surface area contributed by atoms with Gasteiger partial charge in [0, 0.05) is 16.6 Å². The predicted octanol–water partition coefficient (Wildman–Crippen LogP) is 1.90. The molecule has 0 fully saturated rings. The molecule has 3 nitrogen and oxygen atoms in total. The van der Waals surface area contributed by atoms with Crippen molar-refractivity contribution >= 4 is 21.6 Å². The number of aryl methyl sites for hydroxylation is 1. The topological polar surface area (TPSA) is 66.5 Å².